The van der Waals surface area contributed by atoms with E-state index in [0.717, 1.165) is 24.3 Å². The molecule has 12 heteroatoms. The van der Waals surface area contributed by atoms with Crippen molar-refractivity contribution in [2.75, 3.05) is 0 Å². The number of amides is 1. The normalized spacial score (nSPS) is 12.3. The van der Waals surface area contributed by atoms with Crippen LogP contribution in [0, 0.1) is 10.1 Å². The molecule has 0 radical (unpaired) electrons. The zero-order valence-electron chi connectivity index (χ0n) is 15.1. The number of nitro groups is 1. The molecule has 1 aromatic carbocycles. The first-order chi connectivity index (χ1) is 12.5. The van der Waals surface area contributed by atoms with Crippen molar-refractivity contribution in [2.24, 2.45) is 10.9 Å². The lowest BCUT2D eigenvalue weighted by molar-refractivity contribution is -0.384. The van der Waals surface area contributed by atoms with Gasteiger partial charge in [-0.3, -0.25) is 19.5 Å². The number of oxime groups is 1. The fraction of sp³-hybridized carbons (Fsp3) is 0.400. The molecule has 0 aliphatic carbocycles. The molecular formula is C15H20N3O8P. The Morgan fingerprint density at radius 1 is 1.11 bits per heavy atom. The molecule has 0 unspecified atom stereocenters. The van der Waals surface area contributed by atoms with Crippen molar-refractivity contribution in [3.63, 3.8) is 0 Å². The molecule has 11 nitrogen and oxygen atoms in total. The molecule has 148 valence electrons. The number of hydrogen-bond acceptors (Lipinski definition) is 9. The molecule has 0 aliphatic heterocycles. The van der Waals surface area contributed by atoms with Crippen LogP contribution in [0.15, 0.2) is 29.4 Å². The predicted molar refractivity (Wildman–Crippen MR) is 95.2 cm³/mol. The topological polar surface area (TPSA) is 160 Å². The number of benzene rings is 1. The monoisotopic (exact) mass is 401 g/mol. The van der Waals surface area contributed by atoms with Gasteiger partial charge in [-0.25, -0.2) is 4.79 Å². The van der Waals surface area contributed by atoms with E-state index in [1.54, 1.807) is 27.7 Å². The highest BCUT2D eigenvalue weighted by atomic mass is 31.2. The van der Waals surface area contributed by atoms with Crippen molar-refractivity contribution in [1.82, 2.24) is 0 Å². The molecule has 0 fully saturated rings. The average Bonchev–Trinajstić information content (AvgIpc) is 2.52. The van der Waals surface area contributed by atoms with Crippen molar-refractivity contribution >= 4 is 30.6 Å². The summed E-state index contributed by atoms with van der Waals surface area (Å²) in [5.41, 5.74) is 4.00. The van der Waals surface area contributed by atoms with Gasteiger partial charge in [0.05, 0.1) is 22.7 Å². The van der Waals surface area contributed by atoms with Crippen molar-refractivity contribution in [1.29, 1.82) is 0 Å². The van der Waals surface area contributed by atoms with Crippen molar-refractivity contribution in [3.05, 3.63) is 39.9 Å². The largest absolute Gasteiger partial charge is 0.389 e. The number of rotatable bonds is 9. The molecule has 0 bridgehead atoms. The number of non-ortho nitro benzene ring substituents is 1. The summed E-state index contributed by atoms with van der Waals surface area (Å²) in [6, 6.07) is 4.44. The standard InChI is InChI=1S/C15H20N3O8P/c1-9(2)25-27(23,26-10(3)4)14(13(16)19)17-24-15(20)11-5-7-12(8-6-11)18(21)22/h5-10H,1-4H3,(H2,16,19)/b17-14+. The summed E-state index contributed by atoms with van der Waals surface area (Å²) in [7, 11) is -4.26. The summed E-state index contributed by atoms with van der Waals surface area (Å²) in [6.07, 6.45) is -1.21. The molecule has 1 rings (SSSR count). The summed E-state index contributed by atoms with van der Waals surface area (Å²) >= 11 is 0. The van der Waals surface area contributed by atoms with E-state index in [4.69, 9.17) is 14.8 Å². The number of hydrogen-bond donors (Lipinski definition) is 1. The molecule has 0 aliphatic rings. The Labute approximate surface area is 155 Å². The first-order valence-electron chi connectivity index (χ1n) is 7.77. The van der Waals surface area contributed by atoms with Gasteiger partial charge < -0.3 is 19.6 Å². The number of carbonyl (C=O) groups is 2. The minimum atomic E-state index is -4.26. The van der Waals surface area contributed by atoms with Crippen LogP contribution in [0.4, 0.5) is 5.69 Å². The molecule has 0 atom stereocenters. The van der Waals surface area contributed by atoms with Crippen LogP contribution in [0.3, 0.4) is 0 Å². The van der Waals surface area contributed by atoms with E-state index in [9.17, 15) is 24.3 Å². The third-order valence-electron chi connectivity index (χ3n) is 2.71. The third-order valence-corrected chi connectivity index (χ3v) is 4.93. The zero-order chi connectivity index (χ0) is 20.8. The van der Waals surface area contributed by atoms with Crippen molar-refractivity contribution in [3.8, 4) is 0 Å². The summed E-state index contributed by atoms with van der Waals surface area (Å²) < 4.78 is 23.3. The van der Waals surface area contributed by atoms with E-state index in [1.807, 2.05) is 0 Å². The van der Waals surface area contributed by atoms with Crippen molar-refractivity contribution in [2.45, 2.75) is 39.9 Å². The minimum Gasteiger partial charge on any atom is -0.364 e. The van der Waals surface area contributed by atoms with E-state index >= 15 is 0 Å². The number of carbonyl (C=O) groups excluding carboxylic acids is 2. The number of primary amides is 1. The highest BCUT2D eigenvalue weighted by Crippen LogP contribution is 2.52. The van der Waals surface area contributed by atoms with Crippen LogP contribution in [-0.2, 0) is 23.2 Å². The molecule has 0 aromatic heterocycles. The summed E-state index contributed by atoms with van der Waals surface area (Å²) in [5, 5.41) is 13.9. The molecule has 0 heterocycles. The fourth-order valence-electron chi connectivity index (χ4n) is 1.77. The van der Waals surface area contributed by atoms with E-state index in [2.05, 4.69) is 9.99 Å². The Morgan fingerprint density at radius 3 is 1.96 bits per heavy atom. The number of nitrogens with two attached hydrogens (primary N) is 1. The number of nitrogens with zero attached hydrogens (tertiary/aromatic N) is 2. The van der Waals surface area contributed by atoms with Gasteiger partial charge in [0.1, 0.15) is 0 Å². The lowest BCUT2D eigenvalue weighted by atomic mass is 10.2. The molecule has 0 spiro atoms. The molecule has 1 aromatic rings. The van der Waals surface area contributed by atoms with E-state index < -0.39 is 42.1 Å². The van der Waals surface area contributed by atoms with Crippen molar-refractivity contribution < 1.29 is 33.0 Å². The molecule has 1 amide bonds. The van der Waals surface area contributed by atoms with E-state index in [1.165, 1.54) is 0 Å². The van der Waals surface area contributed by atoms with Gasteiger partial charge in [0.25, 0.3) is 17.0 Å². The van der Waals surface area contributed by atoms with Crippen LogP contribution < -0.4 is 5.73 Å². The summed E-state index contributed by atoms with van der Waals surface area (Å²) in [6.45, 7) is 6.21. The second kappa shape index (κ2) is 9.36. The number of nitro benzene ring substituents is 1. The molecular weight excluding hydrogens is 381 g/mol. The predicted octanol–water partition coefficient (Wildman–Crippen LogP) is 2.59. The maximum atomic E-state index is 12.9. The van der Waals surface area contributed by atoms with Gasteiger partial charge in [0.2, 0.25) is 0 Å². The first-order valence-corrected chi connectivity index (χ1v) is 9.31. The van der Waals surface area contributed by atoms with Gasteiger partial charge in [-0.05, 0) is 39.8 Å². The fourth-order valence-corrected chi connectivity index (χ4v) is 3.54. The Kier molecular flexibility index (Phi) is 7.77. The summed E-state index contributed by atoms with van der Waals surface area (Å²) in [4.78, 5) is 38.3. The van der Waals surface area contributed by atoms with Crippen LogP contribution in [0.1, 0.15) is 38.1 Å². The van der Waals surface area contributed by atoms with E-state index in [-0.39, 0.29) is 11.3 Å². The molecule has 2 N–H and O–H groups in total. The first kappa shape index (κ1) is 22.4. The molecule has 27 heavy (non-hydrogen) atoms. The Bertz CT molecular complexity index is 775. The lowest BCUT2D eigenvalue weighted by Gasteiger charge is -2.21. The van der Waals surface area contributed by atoms with Crippen LogP contribution in [-0.4, -0.2) is 34.5 Å². The Hall–Kier alpha value is -2.62. The maximum absolute atomic E-state index is 12.9. The zero-order valence-corrected chi connectivity index (χ0v) is 16.0. The molecule has 0 saturated carbocycles. The van der Waals surface area contributed by atoms with Crippen LogP contribution in [0.5, 0.6) is 0 Å². The highest BCUT2D eigenvalue weighted by molar-refractivity contribution is 7.75. The quantitative estimate of drug-likeness (QED) is 0.217. The van der Waals surface area contributed by atoms with Crippen LogP contribution in [0.25, 0.3) is 0 Å². The molecule has 0 saturated heterocycles. The van der Waals surface area contributed by atoms with Gasteiger partial charge in [-0.2, -0.15) is 0 Å². The highest BCUT2D eigenvalue weighted by Gasteiger charge is 2.39. The minimum absolute atomic E-state index is 0.0856. The van der Waals surface area contributed by atoms with Gasteiger partial charge in [0, 0.05) is 12.1 Å². The lowest BCUT2D eigenvalue weighted by Crippen LogP contribution is -2.27. The van der Waals surface area contributed by atoms with Gasteiger partial charge in [-0.1, -0.05) is 5.16 Å². The summed E-state index contributed by atoms with van der Waals surface area (Å²) in [5.74, 6) is -2.31. The van der Waals surface area contributed by atoms with Gasteiger partial charge in [0.15, 0.2) is 0 Å². The second-order valence-corrected chi connectivity index (χ2v) is 7.61. The van der Waals surface area contributed by atoms with Gasteiger partial charge in [-0.15, -0.1) is 0 Å². The average molecular weight is 401 g/mol. The smallest absolute Gasteiger partial charge is 0.364 e. The van der Waals surface area contributed by atoms with Crippen LogP contribution >= 0.6 is 7.60 Å². The maximum Gasteiger partial charge on any atom is 0.389 e. The third kappa shape index (κ3) is 6.55. The van der Waals surface area contributed by atoms with Crippen LogP contribution in [0.2, 0.25) is 0 Å². The van der Waals surface area contributed by atoms with E-state index in [0.29, 0.717) is 0 Å². The SMILES string of the molecule is CC(C)OP(=O)(OC(C)C)/C(=N/OC(=O)c1ccc([N+](=O)[O-])cc1)C(N)=O. The van der Waals surface area contributed by atoms with Gasteiger partial charge >= 0.3 is 13.6 Å². The Morgan fingerprint density at radius 2 is 1.59 bits per heavy atom. The second-order valence-electron chi connectivity index (χ2n) is 5.77. The Balaban J connectivity index is 3.12.